The molecule has 0 N–H and O–H groups in total. The van der Waals surface area contributed by atoms with E-state index in [1.165, 1.54) is 0 Å². The summed E-state index contributed by atoms with van der Waals surface area (Å²) < 4.78 is 5.28. The smallest absolute Gasteiger partial charge is 0.276 e. The second kappa shape index (κ2) is 7.41. The van der Waals surface area contributed by atoms with Gasteiger partial charge in [0, 0.05) is 55.8 Å². The van der Waals surface area contributed by atoms with Gasteiger partial charge in [0.05, 0.1) is 0 Å². The molecule has 2 aromatic heterocycles. The summed E-state index contributed by atoms with van der Waals surface area (Å²) in [4.78, 5) is 32.7. The van der Waals surface area contributed by atoms with E-state index in [9.17, 15) is 9.59 Å². The maximum atomic E-state index is 12.7. The minimum atomic E-state index is -0.194. The van der Waals surface area contributed by atoms with Crippen LogP contribution in [0, 0.1) is 0 Å². The fourth-order valence-corrected chi connectivity index (χ4v) is 3.06. The maximum Gasteiger partial charge on any atom is 0.276 e. The highest BCUT2D eigenvalue weighted by molar-refractivity contribution is 5.95. The number of piperazine rings is 1. The van der Waals surface area contributed by atoms with Crippen LogP contribution in [0.1, 0.15) is 20.8 Å². The Labute approximate surface area is 156 Å². The van der Waals surface area contributed by atoms with Crippen molar-refractivity contribution < 1.29 is 14.1 Å². The molecule has 0 unspecified atom stereocenters. The van der Waals surface area contributed by atoms with Gasteiger partial charge in [-0.3, -0.25) is 14.6 Å². The molecule has 2 amide bonds. The number of carbonyl (C=O) groups excluding carboxylic acids is 2. The van der Waals surface area contributed by atoms with E-state index in [2.05, 4.69) is 10.1 Å². The van der Waals surface area contributed by atoms with Crippen molar-refractivity contribution in [3.63, 3.8) is 0 Å². The zero-order valence-corrected chi connectivity index (χ0v) is 14.6. The number of pyridine rings is 1. The van der Waals surface area contributed by atoms with E-state index in [1.54, 1.807) is 46.5 Å². The Hall–Kier alpha value is -3.48. The van der Waals surface area contributed by atoms with Gasteiger partial charge in [-0.1, -0.05) is 23.4 Å². The normalized spacial score (nSPS) is 14.2. The molecule has 1 aliphatic heterocycles. The molecule has 0 saturated carbocycles. The molecule has 1 aliphatic rings. The van der Waals surface area contributed by atoms with Crippen LogP contribution in [0.25, 0.3) is 11.3 Å². The molecule has 3 heterocycles. The zero-order valence-electron chi connectivity index (χ0n) is 14.6. The Morgan fingerprint density at radius 3 is 2.26 bits per heavy atom. The van der Waals surface area contributed by atoms with Crippen LogP contribution in [0.5, 0.6) is 0 Å². The van der Waals surface area contributed by atoms with Crippen molar-refractivity contribution >= 4 is 11.8 Å². The highest BCUT2D eigenvalue weighted by Gasteiger charge is 2.27. The second-order valence-electron chi connectivity index (χ2n) is 6.27. The van der Waals surface area contributed by atoms with E-state index in [-0.39, 0.29) is 17.5 Å². The highest BCUT2D eigenvalue weighted by Crippen LogP contribution is 2.20. The first kappa shape index (κ1) is 17.0. The first-order valence-electron chi connectivity index (χ1n) is 8.73. The van der Waals surface area contributed by atoms with Crippen molar-refractivity contribution in [2.24, 2.45) is 0 Å². The van der Waals surface area contributed by atoms with Gasteiger partial charge in [0.2, 0.25) is 0 Å². The molecule has 27 heavy (non-hydrogen) atoms. The van der Waals surface area contributed by atoms with Gasteiger partial charge in [0.15, 0.2) is 11.5 Å². The van der Waals surface area contributed by atoms with Crippen LogP contribution in [0.2, 0.25) is 0 Å². The molecule has 136 valence electrons. The van der Waals surface area contributed by atoms with Crippen molar-refractivity contribution in [3.8, 4) is 11.3 Å². The van der Waals surface area contributed by atoms with Crippen LogP contribution in [-0.2, 0) is 0 Å². The SMILES string of the molecule is O=C(c1ccccc1)N1CCN(C(=O)c2cc(-c3cccnc3)on2)CC1. The molecular weight excluding hydrogens is 344 g/mol. The van der Waals surface area contributed by atoms with Crippen LogP contribution in [-0.4, -0.2) is 57.9 Å². The fourth-order valence-electron chi connectivity index (χ4n) is 3.06. The van der Waals surface area contributed by atoms with E-state index < -0.39 is 0 Å². The Kier molecular flexibility index (Phi) is 4.65. The largest absolute Gasteiger partial charge is 0.355 e. The van der Waals surface area contributed by atoms with Crippen molar-refractivity contribution in [2.45, 2.75) is 0 Å². The predicted octanol–water partition coefficient (Wildman–Crippen LogP) is 2.33. The standard InChI is InChI=1S/C20H18N4O3/c25-19(15-5-2-1-3-6-15)23-9-11-24(12-10-23)20(26)17-13-18(27-22-17)16-7-4-8-21-14-16/h1-8,13-14H,9-12H2. The third-order valence-corrected chi connectivity index (χ3v) is 4.55. The molecule has 3 aromatic rings. The quantitative estimate of drug-likeness (QED) is 0.714. The number of aromatic nitrogens is 2. The monoisotopic (exact) mass is 362 g/mol. The zero-order chi connectivity index (χ0) is 18.6. The molecule has 7 heteroatoms. The summed E-state index contributed by atoms with van der Waals surface area (Å²) in [5.41, 5.74) is 1.69. The molecule has 1 saturated heterocycles. The minimum absolute atomic E-state index is 0.0111. The number of benzene rings is 1. The minimum Gasteiger partial charge on any atom is -0.355 e. The first-order valence-corrected chi connectivity index (χ1v) is 8.73. The van der Waals surface area contributed by atoms with Gasteiger partial charge in [-0.2, -0.15) is 0 Å². The Morgan fingerprint density at radius 2 is 1.59 bits per heavy atom. The van der Waals surface area contributed by atoms with Crippen molar-refractivity contribution in [3.05, 3.63) is 72.2 Å². The molecule has 0 atom stereocenters. The fraction of sp³-hybridized carbons (Fsp3) is 0.200. The molecule has 0 aliphatic carbocycles. The van der Waals surface area contributed by atoms with Crippen molar-refractivity contribution in [2.75, 3.05) is 26.2 Å². The van der Waals surface area contributed by atoms with Crippen LogP contribution >= 0.6 is 0 Å². The number of carbonyl (C=O) groups is 2. The van der Waals surface area contributed by atoms with Crippen molar-refractivity contribution in [1.29, 1.82) is 0 Å². The van der Waals surface area contributed by atoms with Crippen LogP contribution in [0.3, 0.4) is 0 Å². The summed E-state index contributed by atoms with van der Waals surface area (Å²) in [6.45, 7) is 1.92. The number of amides is 2. The summed E-state index contributed by atoms with van der Waals surface area (Å²) in [6.07, 6.45) is 3.32. The van der Waals surface area contributed by atoms with E-state index in [0.29, 0.717) is 37.5 Å². The second-order valence-corrected chi connectivity index (χ2v) is 6.27. The van der Waals surface area contributed by atoms with Gasteiger partial charge < -0.3 is 14.3 Å². The first-order chi connectivity index (χ1) is 13.2. The summed E-state index contributed by atoms with van der Waals surface area (Å²) >= 11 is 0. The molecule has 1 aromatic carbocycles. The Balaban J connectivity index is 1.39. The summed E-state index contributed by atoms with van der Waals surface area (Å²) in [6, 6.07) is 14.4. The lowest BCUT2D eigenvalue weighted by atomic mass is 10.1. The van der Waals surface area contributed by atoms with Gasteiger partial charge in [-0.25, -0.2) is 0 Å². The average Bonchev–Trinajstić information content (AvgIpc) is 3.24. The molecule has 7 nitrogen and oxygen atoms in total. The Morgan fingerprint density at radius 1 is 0.889 bits per heavy atom. The van der Waals surface area contributed by atoms with Gasteiger partial charge in [-0.05, 0) is 24.3 Å². The van der Waals surface area contributed by atoms with Gasteiger partial charge in [-0.15, -0.1) is 0 Å². The van der Waals surface area contributed by atoms with Gasteiger partial charge >= 0.3 is 0 Å². The summed E-state index contributed by atoms with van der Waals surface area (Å²) in [5, 5.41) is 3.89. The summed E-state index contributed by atoms with van der Waals surface area (Å²) in [7, 11) is 0. The number of hydrogen-bond acceptors (Lipinski definition) is 5. The average molecular weight is 362 g/mol. The van der Waals surface area contributed by atoms with E-state index in [0.717, 1.165) is 5.56 Å². The number of rotatable bonds is 3. The molecule has 0 bridgehead atoms. The molecule has 0 spiro atoms. The summed E-state index contributed by atoms with van der Waals surface area (Å²) in [5.74, 6) is 0.299. The number of hydrogen-bond donors (Lipinski definition) is 0. The van der Waals surface area contributed by atoms with Gasteiger partial charge in [0.1, 0.15) is 0 Å². The highest BCUT2D eigenvalue weighted by atomic mass is 16.5. The molecule has 4 rings (SSSR count). The predicted molar refractivity (Wildman–Crippen MR) is 98.0 cm³/mol. The third kappa shape index (κ3) is 3.57. The topological polar surface area (TPSA) is 79.5 Å². The van der Waals surface area contributed by atoms with Crippen LogP contribution in [0.4, 0.5) is 0 Å². The van der Waals surface area contributed by atoms with E-state index in [1.807, 2.05) is 24.3 Å². The van der Waals surface area contributed by atoms with Crippen LogP contribution < -0.4 is 0 Å². The van der Waals surface area contributed by atoms with Crippen LogP contribution in [0.15, 0.2) is 65.4 Å². The van der Waals surface area contributed by atoms with Crippen molar-refractivity contribution in [1.82, 2.24) is 19.9 Å². The third-order valence-electron chi connectivity index (χ3n) is 4.55. The lowest BCUT2D eigenvalue weighted by Gasteiger charge is -2.34. The maximum absolute atomic E-state index is 12.7. The molecule has 0 radical (unpaired) electrons. The molecule has 1 fully saturated rings. The Bertz CT molecular complexity index is 932. The number of nitrogens with zero attached hydrogens (tertiary/aromatic N) is 4. The van der Waals surface area contributed by atoms with E-state index >= 15 is 0 Å². The van der Waals surface area contributed by atoms with E-state index in [4.69, 9.17) is 4.52 Å². The lowest BCUT2D eigenvalue weighted by molar-refractivity contribution is 0.0530. The lowest BCUT2D eigenvalue weighted by Crippen LogP contribution is -2.50. The molecular formula is C20H18N4O3. The van der Waals surface area contributed by atoms with Gasteiger partial charge in [0.25, 0.3) is 11.8 Å².